The SMILES string of the molecule is CC1(CBr)SC(c2ccccc2)=NC1=O. The zero-order chi connectivity index (χ0) is 10.9. The van der Waals surface area contributed by atoms with Crippen molar-refractivity contribution in [1.29, 1.82) is 0 Å². The predicted octanol–water partition coefficient (Wildman–Crippen LogP) is 2.86. The number of aliphatic imine (C=N–C) groups is 1. The fourth-order valence-electron chi connectivity index (χ4n) is 1.28. The van der Waals surface area contributed by atoms with Crippen LogP contribution in [0.25, 0.3) is 0 Å². The maximum Gasteiger partial charge on any atom is 0.263 e. The highest BCUT2D eigenvalue weighted by molar-refractivity contribution is 9.09. The van der Waals surface area contributed by atoms with E-state index in [1.165, 1.54) is 11.8 Å². The van der Waals surface area contributed by atoms with Gasteiger partial charge in [0.05, 0.1) is 0 Å². The summed E-state index contributed by atoms with van der Waals surface area (Å²) in [6.45, 7) is 1.91. The molecule has 1 aliphatic heterocycles. The predicted molar refractivity (Wildman–Crippen MR) is 67.8 cm³/mol. The van der Waals surface area contributed by atoms with Gasteiger partial charge < -0.3 is 0 Å². The average molecular weight is 284 g/mol. The molecular weight excluding hydrogens is 274 g/mol. The number of rotatable bonds is 2. The summed E-state index contributed by atoms with van der Waals surface area (Å²) in [4.78, 5) is 15.8. The molecule has 0 N–H and O–H groups in total. The van der Waals surface area contributed by atoms with Crippen molar-refractivity contribution in [2.45, 2.75) is 11.7 Å². The molecule has 1 atom stereocenters. The molecule has 0 aliphatic carbocycles. The lowest BCUT2D eigenvalue weighted by atomic mass is 10.2. The molecule has 0 saturated heterocycles. The summed E-state index contributed by atoms with van der Waals surface area (Å²) in [5.41, 5.74) is 1.01. The molecular formula is C11H10BrNOS. The number of amides is 1. The fraction of sp³-hybridized carbons (Fsp3) is 0.273. The molecule has 0 fully saturated rings. The largest absolute Gasteiger partial charge is 0.271 e. The molecule has 1 aliphatic rings. The minimum Gasteiger partial charge on any atom is -0.271 e. The number of carbonyl (C=O) groups excluding carboxylic acids is 1. The third-order valence-corrected chi connectivity index (χ3v) is 5.04. The van der Waals surface area contributed by atoms with Crippen LogP contribution in [0.1, 0.15) is 12.5 Å². The summed E-state index contributed by atoms with van der Waals surface area (Å²) in [6.07, 6.45) is 0. The van der Waals surface area contributed by atoms with E-state index < -0.39 is 4.75 Å². The van der Waals surface area contributed by atoms with Crippen molar-refractivity contribution >= 4 is 38.6 Å². The minimum absolute atomic E-state index is 0.0526. The van der Waals surface area contributed by atoms with Crippen molar-refractivity contribution in [3.8, 4) is 0 Å². The smallest absolute Gasteiger partial charge is 0.263 e. The standard InChI is InChI=1S/C11H10BrNOS/c1-11(7-12)10(14)13-9(15-11)8-5-3-2-4-6-8/h2-6H,7H2,1H3. The highest BCUT2D eigenvalue weighted by Gasteiger charge is 2.40. The number of halogens is 1. The number of nitrogens with zero attached hydrogens (tertiary/aromatic N) is 1. The van der Waals surface area contributed by atoms with E-state index in [1.807, 2.05) is 37.3 Å². The highest BCUT2D eigenvalue weighted by atomic mass is 79.9. The lowest BCUT2D eigenvalue weighted by molar-refractivity contribution is -0.118. The van der Waals surface area contributed by atoms with Gasteiger partial charge >= 0.3 is 0 Å². The third-order valence-electron chi connectivity index (χ3n) is 2.25. The maximum atomic E-state index is 11.7. The molecule has 0 spiro atoms. The van der Waals surface area contributed by atoms with Crippen LogP contribution in [-0.4, -0.2) is 21.0 Å². The number of benzene rings is 1. The summed E-state index contributed by atoms with van der Waals surface area (Å²) < 4.78 is -0.439. The molecule has 4 heteroatoms. The lowest BCUT2D eigenvalue weighted by Gasteiger charge is -2.15. The van der Waals surface area contributed by atoms with E-state index in [4.69, 9.17) is 0 Å². The highest BCUT2D eigenvalue weighted by Crippen LogP contribution is 2.37. The molecule has 0 radical (unpaired) electrons. The second-order valence-electron chi connectivity index (χ2n) is 3.55. The lowest BCUT2D eigenvalue weighted by Crippen LogP contribution is -2.28. The molecule has 15 heavy (non-hydrogen) atoms. The van der Waals surface area contributed by atoms with Crippen LogP contribution in [0.15, 0.2) is 35.3 Å². The summed E-state index contributed by atoms with van der Waals surface area (Å²) in [5, 5.41) is 1.45. The van der Waals surface area contributed by atoms with E-state index in [-0.39, 0.29) is 5.91 Å². The quantitative estimate of drug-likeness (QED) is 0.781. The van der Waals surface area contributed by atoms with Crippen LogP contribution in [0.2, 0.25) is 0 Å². The van der Waals surface area contributed by atoms with Crippen LogP contribution in [0.4, 0.5) is 0 Å². The van der Waals surface area contributed by atoms with Crippen LogP contribution in [0.3, 0.4) is 0 Å². The molecule has 0 saturated carbocycles. The van der Waals surface area contributed by atoms with Gasteiger partial charge in [-0.3, -0.25) is 4.79 Å². The first-order valence-corrected chi connectivity index (χ1v) is 6.53. The second-order valence-corrected chi connectivity index (χ2v) is 5.61. The molecule has 1 aromatic rings. The Morgan fingerprint density at radius 2 is 2.07 bits per heavy atom. The first kappa shape index (κ1) is 10.9. The van der Waals surface area contributed by atoms with Crippen molar-refractivity contribution in [2.24, 2.45) is 4.99 Å². The Balaban J connectivity index is 2.30. The Bertz CT molecular complexity index is 418. The van der Waals surface area contributed by atoms with E-state index in [2.05, 4.69) is 20.9 Å². The van der Waals surface area contributed by atoms with E-state index in [1.54, 1.807) is 0 Å². The van der Waals surface area contributed by atoms with Crippen LogP contribution in [0, 0.1) is 0 Å². The van der Waals surface area contributed by atoms with Crippen LogP contribution in [0.5, 0.6) is 0 Å². The molecule has 1 amide bonds. The Labute approximate surface area is 101 Å². The topological polar surface area (TPSA) is 29.4 Å². The maximum absolute atomic E-state index is 11.7. The van der Waals surface area contributed by atoms with Gasteiger partial charge in [-0.1, -0.05) is 58.0 Å². The molecule has 0 aromatic heterocycles. The Hall–Kier alpha value is -0.610. The zero-order valence-electron chi connectivity index (χ0n) is 8.24. The van der Waals surface area contributed by atoms with Gasteiger partial charge in [0.2, 0.25) is 0 Å². The number of hydrogen-bond donors (Lipinski definition) is 0. The van der Waals surface area contributed by atoms with Gasteiger partial charge in [-0.05, 0) is 6.92 Å². The minimum atomic E-state index is -0.439. The van der Waals surface area contributed by atoms with Crippen molar-refractivity contribution in [3.05, 3.63) is 35.9 Å². The molecule has 78 valence electrons. The van der Waals surface area contributed by atoms with E-state index in [9.17, 15) is 4.79 Å². The number of alkyl halides is 1. The average Bonchev–Trinajstić information content (AvgIpc) is 2.58. The van der Waals surface area contributed by atoms with Crippen molar-refractivity contribution < 1.29 is 4.79 Å². The summed E-state index contributed by atoms with van der Waals surface area (Å²) in [5.74, 6) is -0.0526. The molecule has 2 nitrogen and oxygen atoms in total. The summed E-state index contributed by atoms with van der Waals surface area (Å²) in [7, 11) is 0. The Kier molecular flexibility index (Phi) is 2.98. The molecule has 2 rings (SSSR count). The zero-order valence-corrected chi connectivity index (χ0v) is 10.6. The Morgan fingerprint density at radius 1 is 1.40 bits per heavy atom. The van der Waals surface area contributed by atoms with Crippen molar-refractivity contribution in [3.63, 3.8) is 0 Å². The number of hydrogen-bond acceptors (Lipinski definition) is 2. The first-order chi connectivity index (χ1) is 7.15. The van der Waals surface area contributed by atoms with Gasteiger partial charge in [-0.2, -0.15) is 0 Å². The molecule has 1 aromatic carbocycles. The summed E-state index contributed by atoms with van der Waals surface area (Å²) in [6, 6.07) is 9.80. The fourth-order valence-corrected chi connectivity index (χ4v) is 2.86. The van der Waals surface area contributed by atoms with E-state index >= 15 is 0 Å². The van der Waals surface area contributed by atoms with Crippen LogP contribution in [-0.2, 0) is 4.79 Å². The third kappa shape index (κ3) is 2.01. The van der Waals surface area contributed by atoms with Crippen LogP contribution >= 0.6 is 27.7 Å². The van der Waals surface area contributed by atoms with E-state index in [0.717, 1.165) is 10.6 Å². The second kappa shape index (κ2) is 4.10. The monoisotopic (exact) mass is 283 g/mol. The van der Waals surface area contributed by atoms with Gasteiger partial charge in [0, 0.05) is 10.9 Å². The van der Waals surface area contributed by atoms with Gasteiger partial charge in [0.25, 0.3) is 5.91 Å². The Morgan fingerprint density at radius 3 is 2.60 bits per heavy atom. The molecule has 0 bridgehead atoms. The number of carbonyl (C=O) groups is 1. The van der Waals surface area contributed by atoms with Gasteiger partial charge in [-0.15, -0.1) is 0 Å². The van der Waals surface area contributed by atoms with Gasteiger partial charge in [0.1, 0.15) is 9.79 Å². The normalized spacial score (nSPS) is 25.5. The van der Waals surface area contributed by atoms with Gasteiger partial charge in [-0.25, -0.2) is 4.99 Å². The van der Waals surface area contributed by atoms with Crippen LogP contribution < -0.4 is 0 Å². The summed E-state index contributed by atoms with van der Waals surface area (Å²) >= 11 is 4.89. The first-order valence-electron chi connectivity index (χ1n) is 4.59. The van der Waals surface area contributed by atoms with Crippen molar-refractivity contribution in [1.82, 2.24) is 0 Å². The number of thioether (sulfide) groups is 1. The van der Waals surface area contributed by atoms with Crippen molar-refractivity contribution in [2.75, 3.05) is 5.33 Å². The molecule has 1 unspecified atom stereocenters. The van der Waals surface area contributed by atoms with Gasteiger partial charge in [0.15, 0.2) is 0 Å². The van der Waals surface area contributed by atoms with E-state index in [0.29, 0.717) is 5.33 Å². The molecule has 1 heterocycles.